The molecule has 28 heavy (non-hydrogen) atoms. The summed E-state index contributed by atoms with van der Waals surface area (Å²) < 4.78 is 4.81. The minimum Gasteiger partial charge on any atom is -0.454 e. The summed E-state index contributed by atoms with van der Waals surface area (Å²) in [5.74, 6) is -2.16. The molecule has 0 unspecified atom stereocenters. The van der Waals surface area contributed by atoms with E-state index in [9.17, 15) is 19.2 Å². The first kappa shape index (κ1) is 21.4. The molecule has 0 aliphatic rings. The van der Waals surface area contributed by atoms with Gasteiger partial charge in [0.05, 0.1) is 17.1 Å². The Balaban J connectivity index is 1.71. The lowest BCUT2D eigenvalue weighted by molar-refractivity contribution is -0.149. The molecule has 2 aromatic rings. The lowest BCUT2D eigenvalue weighted by Gasteiger charge is -2.14. The van der Waals surface area contributed by atoms with Gasteiger partial charge in [0.25, 0.3) is 11.8 Å². The van der Waals surface area contributed by atoms with E-state index in [1.807, 2.05) is 22.8 Å². The predicted molar refractivity (Wildman–Crippen MR) is 104 cm³/mol. The molecule has 1 heterocycles. The van der Waals surface area contributed by atoms with Gasteiger partial charge in [-0.2, -0.15) is 0 Å². The quantitative estimate of drug-likeness (QED) is 0.590. The predicted octanol–water partition coefficient (Wildman–Crippen LogP) is 2.09. The van der Waals surface area contributed by atoms with Gasteiger partial charge in [0, 0.05) is 4.88 Å². The molecule has 1 aromatic heterocycles. The molecule has 0 fully saturated rings. The van der Waals surface area contributed by atoms with Crippen molar-refractivity contribution in [2.24, 2.45) is 0 Å². The highest BCUT2D eigenvalue weighted by Crippen LogP contribution is 2.14. The highest BCUT2D eigenvalue weighted by Gasteiger charge is 2.20. The molecular weight excluding hydrogens is 406 g/mol. The molecule has 8 nitrogen and oxygen atoms in total. The molecule has 0 saturated heterocycles. The number of ether oxygens (including phenoxy) is 1. The van der Waals surface area contributed by atoms with Gasteiger partial charge in [0.2, 0.25) is 0 Å². The zero-order chi connectivity index (χ0) is 20.5. The Labute approximate surface area is 170 Å². The fourth-order valence-electron chi connectivity index (χ4n) is 2.03. The summed E-state index contributed by atoms with van der Waals surface area (Å²) in [6, 6.07) is 8.34. The number of benzene rings is 1. The summed E-state index contributed by atoms with van der Waals surface area (Å²) in [6.07, 6.45) is 0. The Hall–Kier alpha value is -2.91. The molecule has 0 radical (unpaired) electrons. The van der Waals surface area contributed by atoms with Gasteiger partial charge in [-0.1, -0.05) is 29.8 Å². The Morgan fingerprint density at radius 2 is 1.89 bits per heavy atom. The summed E-state index contributed by atoms with van der Waals surface area (Å²) in [7, 11) is 0. The Kier molecular flexibility index (Phi) is 7.97. The van der Waals surface area contributed by atoms with Crippen molar-refractivity contribution in [2.45, 2.75) is 19.5 Å². The number of hydrogen-bond acceptors (Lipinski definition) is 6. The summed E-state index contributed by atoms with van der Waals surface area (Å²) in [5.41, 5.74) is 0.212. The van der Waals surface area contributed by atoms with Crippen LogP contribution in [0.4, 0.5) is 4.79 Å². The van der Waals surface area contributed by atoms with E-state index in [0.717, 1.165) is 4.88 Å². The summed E-state index contributed by atoms with van der Waals surface area (Å²) in [4.78, 5) is 48.2. The molecule has 2 rings (SSSR count). The van der Waals surface area contributed by atoms with Gasteiger partial charge in [-0.05, 0) is 30.5 Å². The molecule has 148 valence electrons. The van der Waals surface area contributed by atoms with E-state index >= 15 is 0 Å². The molecule has 1 atom stereocenters. The number of halogens is 1. The minimum absolute atomic E-state index is 0.212. The molecule has 0 bridgehead atoms. The van der Waals surface area contributed by atoms with Crippen LogP contribution >= 0.6 is 22.9 Å². The van der Waals surface area contributed by atoms with E-state index in [4.69, 9.17) is 16.3 Å². The van der Waals surface area contributed by atoms with E-state index in [2.05, 4.69) is 10.6 Å². The number of esters is 1. The second-order valence-corrected chi connectivity index (χ2v) is 7.03. The highest BCUT2D eigenvalue weighted by molar-refractivity contribution is 7.09. The number of carbonyl (C=O) groups excluding carboxylic acids is 4. The SMILES string of the molecule is C[C@H](NC(=O)c1ccccc1Cl)C(=O)OCC(=O)NC(=O)NCc1cccs1. The number of amides is 4. The van der Waals surface area contributed by atoms with Gasteiger partial charge >= 0.3 is 12.0 Å². The first-order valence-electron chi connectivity index (χ1n) is 8.19. The minimum atomic E-state index is -1.01. The van der Waals surface area contributed by atoms with Gasteiger partial charge in [0.1, 0.15) is 6.04 Å². The van der Waals surface area contributed by atoms with Crippen molar-refractivity contribution < 1.29 is 23.9 Å². The van der Waals surface area contributed by atoms with Crippen molar-refractivity contribution in [3.8, 4) is 0 Å². The number of rotatable bonds is 7. The zero-order valence-electron chi connectivity index (χ0n) is 14.9. The van der Waals surface area contributed by atoms with E-state index < -0.39 is 36.5 Å². The van der Waals surface area contributed by atoms with Crippen LogP contribution in [0.15, 0.2) is 41.8 Å². The highest BCUT2D eigenvalue weighted by atomic mass is 35.5. The Morgan fingerprint density at radius 3 is 2.57 bits per heavy atom. The molecule has 1 aromatic carbocycles. The van der Waals surface area contributed by atoms with Crippen LogP contribution in [0, 0.1) is 0 Å². The van der Waals surface area contributed by atoms with Crippen molar-refractivity contribution in [1.29, 1.82) is 0 Å². The Bertz CT molecular complexity index is 857. The van der Waals surface area contributed by atoms with Gasteiger partial charge in [0.15, 0.2) is 6.61 Å². The first-order chi connectivity index (χ1) is 13.4. The van der Waals surface area contributed by atoms with Crippen molar-refractivity contribution in [2.75, 3.05) is 6.61 Å². The fraction of sp³-hybridized carbons (Fsp3) is 0.222. The number of hydrogen-bond donors (Lipinski definition) is 3. The fourth-order valence-corrected chi connectivity index (χ4v) is 2.89. The van der Waals surface area contributed by atoms with Gasteiger partial charge in [-0.3, -0.25) is 14.9 Å². The lowest BCUT2D eigenvalue weighted by Crippen LogP contribution is -2.43. The second kappa shape index (κ2) is 10.4. The summed E-state index contributed by atoms with van der Waals surface area (Å²) >= 11 is 7.39. The average Bonchev–Trinajstić information content (AvgIpc) is 3.18. The third kappa shape index (κ3) is 6.67. The van der Waals surface area contributed by atoms with E-state index in [0.29, 0.717) is 0 Å². The van der Waals surface area contributed by atoms with Crippen molar-refractivity contribution in [3.63, 3.8) is 0 Å². The molecule has 3 N–H and O–H groups in total. The van der Waals surface area contributed by atoms with Gasteiger partial charge < -0.3 is 15.4 Å². The lowest BCUT2D eigenvalue weighted by atomic mass is 10.2. The number of carbonyl (C=O) groups is 4. The maximum Gasteiger partial charge on any atom is 0.328 e. The first-order valence-corrected chi connectivity index (χ1v) is 9.44. The van der Waals surface area contributed by atoms with Crippen LogP contribution in [0.2, 0.25) is 5.02 Å². The molecule has 0 saturated carbocycles. The third-order valence-electron chi connectivity index (χ3n) is 3.42. The van der Waals surface area contributed by atoms with Crippen LogP contribution in [-0.2, 0) is 20.9 Å². The van der Waals surface area contributed by atoms with Gasteiger partial charge in [-0.15, -0.1) is 11.3 Å². The maximum atomic E-state index is 12.1. The standard InChI is InChI=1S/C18H18ClN3O5S/c1-11(21-16(24)13-6-2-3-7-14(13)19)17(25)27-10-15(23)22-18(26)20-9-12-5-4-8-28-12/h2-8,11H,9-10H2,1H3,(H,21,24)(H2,20,22,23,26)/t11-/m0/s1. The molecule has 0 aliphatic heterocycles. The largest absolute Gasteiger partial charge is 0.454 e. The smallest absolute Gasteiger partial charge is 0.328 e. The van der Waals surface area contributed by atoms with Crippen LogP contribution in [0.1, 0.15) is 22.2 Å². The van der Waals surface area contributed by atoms with Crippen molar-refractivity contribution in [3.05, 3.63) is 57.2 Å². The molecule has 10 heteroatoms. The van der Waals surface area contributed by atoms with Crippen LogP contribution in [-0.4, -0.2) is 36.5 Å². The number of thiophene rings is 1. The Morgan fingerprint density at radius 1 is 1.14 bits per heavy atom. The molecule has 0 spiro atoms. The number of imide groups is 1. The van der Waals surface area contributed by atoms with Crippen LogP contribution in [0.5, 0.6) is 0 Å². The summed E-state index contributed by atoms with van der Waals surface area (Å²) in [5, 5.41) is 9.09. The van der Waals surface area contributed by atoms with Crippen LogP contribution in [0.25, 0.3) is 0 Å². The number of nitrogens with one attached hydrogen (secondary N) is 3. The maximum absolute atomic E-state index is 12.1. The number of urea groups is 1. The van der Waals surface area contributed by atoms with Gasteiger partial charge in [-0.25, -0.2) is 9.59 Å². The molecule has 0 aliphatic carbocycles. The normalized spacial score (nSPS) is 11.2. The average molecular weight is 424 g/mol. The topological polar surface area (TPSA) is 114 Å². The molecule has 4 amide bonds. The van der Waals surface area contributed by atoms with Crippen LogP contribution in [0.3, 0.4) is 0 Å². The van der Waals surface area contributed by atoms with E-state index in [1.54, 1.807) is 18.2 Å². The van der Waals surface area contributed by atoms with Crippen molar-refractivity contribution >= 4 is 46.8 Å². The van der Waals surface area contributed by atoms with E-state index in [1.165, 1.54) is 24.3 Å². The zero-order valence-corrected chi connectivity index (χ0v) is 16.4. The molecular formula is C18H18ClN3O5S. The third-order valence-corrected chi connectivity index (χ3v) is 4.63. The second-order valence-electron chi connectivity index (χ2n) is 5.59. The van der Waals surface area contributed by atoms with Crippen molar-refractivity contribution in [1.82, 2.24) is 16.0 Å². The van der Waals surface area contributed by atoms with E-state index in [-0.39, 0.29) is 17.1 Å². The summed E-state index contributed by atoms with van der Waals surface area (Å²) in [6.45, 7) is 1.03. The van der Waals surface area contributed by atoms with Crippen LogP contribution < -0.4 is 16.0 Å². The monoisotopic (exact) mass is 423 g/mol.